The highest BCUT2D eigenvalue weighted by Gasteiger charge is 2.27. The lowest BCUT2D eigenvalue weighted by molar-refractivity contribution is 0.473. The molecule has 24 heavy (non-hydrogen) atoms. The van der Waals surface area contributed by atoms with Crippen molar-refractivity contribution in [2.75, 3.05) is 7.05 Å². The maximum Gasteiger partial charge on any atom is 0.191 e. The Morgan fingerprint density at radius 3 is 2.58 bits per heavy atom. The number of ether oxygens (including phenoxy) is 1. The van der Waals surface area contributed by atoms with E-state index in [2.05, 4.69) is 28.9 Å². The highest BCUT2D eigenvalue weighted by atomic mass is 127. The third kappa shape index (κ3) is 4.87. The maximum absolute atomic E-state index is 6.07. The number of aryl methyl sites for hydroxylation is 1. The molecular weight excluding hydrogens is 413 g/mol. The van der Waals surface area contributed by atoms with Crippen molar-refractivity contribution in [3.8, 4) is 11.5 Å². The summed E-state index contributed by atoms with van der Waals surface area (Å²) in [5.41, 5.74) is 8.27. The monoisotopic (exact) mass is 437 g/mol. The Morgan fingerprint density at radius 1 is 1.21 bits per heavy atom. The van der Waals surface area contributed by atoms with E-state index in [0.29, 0.717) is 18.5 Å². The van der Waals surface area contributed by atoms with Crippen molar-refractivity contribution in [3.05, 3.63) is 59.7 Å². The molecule has 2 aromatic rings. The Morgan fingerprint density at radius 2 is 1.92 bits per heavy atom. The summed E-state index contributed by atoms with van der Waals surface area (Å²) in [6.45, 7) is 2.57. The lowest BCUT2D eigenvalue weighted by Gasteiger charge is -2.17. The molecule has 1 fully saturated rings. The summed E-state index contributed by atoms with van der Waals surface area (Å²) in [4.78, 5) is 6.59. The van der Waals surface area contributed by atoms with E-state index in [4.69, 9.17) is 10.5 Å². The Balaban J connectivity index is 0.00000208. The third-order valence-electron chi connectivity index (χ3n) is 4.06. The predicted octanol–water partition coefficient (Wildman–Crippen LogP) is 4.31. The SMILES string of the molecule is Cc1ccc(CN=C(N)N(C)C2CC2)c(Oc2ccccc2)c1.I. The van der Waals surface area contributed by atoms with Crippen molar-refractivity contribution >= 4 is 29.9 Å². The highest BCUT2D eigenvalue weighted by molar-refractivity contribution is 14.0. The van der Waals surface area contributed by atoms with Crippen LogP contribution in [0.3, 0.4) is 0 Å². The number of guanidine groups is 1. The van der Waals surface area contributed by atoms with Gasteiger partial charge in [0.25, 0.3) is 0 Å². The number of nitrogens with two attached hydrogens (primary N) is 1. The summed E-state index contributed by atoms with van der Waals surface area (Å²) < 4.78 is 6.02. The molecule has 0 spiro atoms. The van der Waals surface area contributed by atoms with Gasteiger partial charge in [0.2, 0.25) is 0 Å². The summed E-state index contributed by atoms with van der Waals surface area (Å²) >= 11 is 0. The molecule has 128 valence electrons. The molecular formula is C19H24IN3O. The Kier molecular flexibility index (Phi) is 6.48. The van der Waals surface area contributed by atoms with Gasteiger partial charge in [-0.1, -0.05) is 30.3 Å². The topological polar surface area (TPSA) is 50.8 Å². The number of nitrogens with zero attached hydrogens (tertiary/aromatic N) is 2. The van der Waals surface area contributed by atoms with Crippen molar-refractivity contribution < 1.29 is 4.74 Å². The van der Waals surface area contributed by atoms with Crippen LogP contribution in [0.4, 0.5) is 0 Å². The van der Waals surface area contributed by atoms with Gasteiger partial charge in [-0.05, 0) is 43.5 Å². The van der Waals surface area contributed by atoms with Gasteiger partial charge in [0.15, 0.2) is 5.96 Å². The molecule has 2 aromatic carbocycles. The van der Waals surface area contributed by atoms with Crippen LogP contribution in [-0.2, 0) is 6.54 Å². The molecule has 0 radical (unpaired) electrons. The average Bonchev–Trinajstić information content (AvgIpc) is 3.39. The molecule has 0 heterocycles. The molecule has 1 aliphatic rings. The molecule has 0 saturated heterocycles. The molecule has 3 rings (SSSR count). The first-order chi connectivity index (χ1) is 11.1. The quantitative estimate of drug-likeness (QED) is 0.431. The van der Waals surface area contributed by atoms with Gasteiger partial charge in [0, 0.05) is 18.7 Å². The third-order valence-corrected chi connectivity index (χ3v) is 4.06. The van der Waals surface area contributed by atoms with Crippen LogP contribution >= 0.6 is 24.0 Å². The van der Waals surface area contributed by atoms with Gasteiger partial charge in [-0.25, -0.2) is 4.99 Å². The van der Waals surface area contributed by atoms with Crippen molar-refractivity contribution in [1.82, 2.24) is 4.90 Å². The van der Waals surface area contributed by atoms with Gasteiger partial charge in [-0.3, -0.25) is 0 Å². The lowest BCUT2D eigenvalue weighted by atomic mass is 10.1. The van der Waals surface area contributed by atoms with Gasteiger partial charge in [-0.15, -0.1) is 24.0 Å². The van der Waals surface area contributed by atoms with Gasteiger partial charge in [0.05, 0.1) is 6.54 Å². The van der Waals surface area contributed by atoms with Crippen LogP contribution in [0.15, 0.2) is 53.5 Å². The van der Waals surface area contributed by atoms with Gasteiger partial charge in [-0.2, -0.15) is 0 Å². The highest BCUT2D eigenvalue weighted by Crippen LogP contribution is 2.28. The van der Waals surface area contributed by atoms with Crippen LogP contribution in [0.5, 0.6) is 11.5 Å². The minimum atomic E-state index is 0. The molecule has 0 aliphatic heterocycles. The van der Waals surface area contributed by atoms with E-state index >= 15 is 0 Å². The summed E-state index contributed by atoms with van der Waals surface area (Å²) in [7, 11) is 2.01. The number of para-hydroxylation sites is 1. The first-order valence-corrected chi connectivity index (χ1v) is 7.98. The average molecular weight is 437 g/mol. The van der Waals surface area contributed by atoms with E-state index in [0.717, 1.165) is 22.6 Å². The second-order valence-electron chi connectivity index (χ2n) is 6.04. The summed E-state index contributed by atoms with van der Waals surface area (Å²) in [6, 6.07) is 16.5. The second-order valence-corrected chi connectivity index (χ2v) is 6.04. The number of halogens is 1. The molecule has 2 N–H and O–H groups in total. The van der Waals surface area contributed by atoms with Gasteiger partial charge >= 0.3 is 0 Å². The fraction of sp³-hybridized carbons (Fsp3) is 0.316. The number of hydrogen-bond acceptors (Lipinski definition) is 2. The lowest BCUT2D eigenvalue weighted by Crippen LogP contribution is -2.35. The maximum atomic E-state index is 6.07. The van der Waals surface area contributed by atoms with E-state index in [1.165, 1.54) is 12.8 Å². The standard InChI is InChI=1S/C19H23N3O.HI/c1-14-8-9-15(13-21-19(20)22(2)16-10-11-16)18(12-14)23-17-6-4-3-5-7-17;/h3-9,12,16H,10-11,13H2,1-2H3,(H2,20,21);1H. The summed E-state index contributed by atoms with van der Waals surface area (Å²) in [5.74, 6) is 2.26. The molecule has 1 saturated carbocycles. The van der Waals surface area contributed by atoms with E-state index in [-0.39, 0.29) is 24.0 Å². The molecule has 0 unspecified atom stereocenters. The Labute approximate surface area is 160 Å². The zero-order chi connectivity index (χ0) is 16.2. The van der Waals surface area contributed by atoms with Gasteiger partial charge < -0.3 is 15.4 Å². The van der Waals surface area contributed by atoms with E-state index in [1.807, 2.05) is 43.4 Å². The minimum absolute atomic E-state index is 0. The fourth-order valence-electron chi connectivity index (χ4n) is 2.43. The van der Waals surface area contributed by atoms with Crippen LogP contribution in [0.2, 0.25) is 0 Å². The molecule has 5 heteroatoms. The van der Waals surface area contributed by atoms with Crippen molar-refractivity contribution in [3.63, 3.8) is 0 Å². The van der Waals surface area contributed by atoms with Gasteiger partial charge in [0.1, 0.15) is 11.5 Å². The molecule has 0 atom stereocenters. The van der Waals surface area contributed by atoms with Crippen molar-refractivity contribution in [1.29, 1.82) is 0 Å². The number of aliphatic imine (C=N–C) groups is 1. The molecule has 0 amide bonds. The Bertz CT molecular complexity index is 699. The van der Waals surface area contributed by atoms with Crippen LogP contribution < -0.4 is 10.5 Å². The summed E-state index contributed by atoms with van der Waals surface area (Å²) in [6.07, 6.45) is 2.42. The molecule has 0 bridgehead atoms. The molecule has 4 nitrogen and oxygen atoms in total. The van der Waals surface area contributed by atoms with Crippen molar-refractivity contribution in [2.24, 2.45) is 10.7 Å². The first kappa shape index (κ1) is 18.6. The normalized spacial score (nSPS) is 14.0. The van der Waals surface area contributed by atoms with E-state index < -0.39 is 0 Å². The summed E-state index contributed by atoms with van der Waals surface area (Å²) in [5, 5.41) is 0. The minimum Gasteiger partial charge on any atom is -0.457 e. The predicted molar refractivity (Wildman–Crippen MR) is 109 cm³/mol. The molecule has 0 aromatic heterocycles. The van der Waals surface area contributed by atoms with Crippen molar-refractivity contribution in [2.45, 2.75) is 32.4 Å². The largest absolute Gasteiger partial charge is 0.457 e. The van der Waals surface area contributed by atoms with Crippen LogP contribution in [0.25, 0.3) is 0 Å². The van der Waals surface area contributed by atoms with E-state index in [1.54, 1.807) is 0 Å². The Hall–Kier alpha value is -1.76. The second kappa shape index (κ2) is 8.37. The zero-order valence-electron chi connectivity index (χ0n) is 14.1. The first-order valence-electron chi connectivity index (χ1n) is 7.98. The van der Waals surface area contributed by atoms with Crippen LogP contribution in [0, 0.1) is 6.92 Å². The zero-order valence-corrected chi connectivity index (χ0v) is 16.4. The van der Waals surface area contributed by atoms with E-state index in [9.17, 15) is 0 Å². The van der Waals surface area contributed by atoms with Crippen LogP contribution in [0.1, 0.15) is 24.0 Å². The smallest absolute Gasteiger partial charge is 0.191 e. The number of benzene rings is 2. The number of hydrogen-bond donors (Lipinski definition) is 1. The number of rotatable bonds is 5. The molecule has 1 aliphatic carbocycles. The fourth-order valence-corrected chi connectivity index (χ4v) is 2.43. The van der Waals surface area contributed by atoms with Crippen LogP contribution in [-0.4, -0.2) is 23.9 Å².